The molecule has 0 saturated carbocycles. The SMILES string of the molecule is CC.CCN1CCC(C(F)(F)F)n2nccc21. The molecule has 0 saturated heterocycles. The highest BCUT2D eigenvalue weighted by molar-refractivity contribution is 5.40. The smallest absolute Gasteiger partial charge is 0.357 e. The Bertz CT molecular complexity index is 346. The van der Waals surface area contributed by atoms with Crippen LogP contribution in [0.5, 0.6) is 0 Å². The number of halogens is 3. The normalized spacial score (nSPS) is 19.4. The van der Waals surface area contributed by atoms with Crippen LogP contribution in [0, 0.1) is 0 Å². The van der Waals surface area contributed by atoms with Gasteiger partial charge in [0, 0.05) is 19.2 Å². The summed E-state index contributed by atoms with van der Waals surface area (Å²) in [6, 6.07) is 0.159. The lowest BCUT2D eigenvalue weighted by atomic mass is 10.1. The Hall–Kier alpha value is -1.20. The Balaban J connectivity index is 0.000000686. The molecule has 3 nitrogen and oxygen atoms in total. The molecule has 0 aromatic carbocycles. The molecular weight excluding hydrogens is 231 g/mol. The van der Waals surface area contributed by atoms with Crippen molar-refractivity contribution in [1.82, 2.24) is 9.78 Å². The van der Waals surface area contributed by atoms with E-state index in [2.05, 4.69) is 5.10 Å². The summed E-state index contributed by atoms with van der Waals surface area (Å²) in [6.45, 7) is 7.06. The van der Waals surface area contributed by atoms with Crippen molar-refractivity contribution in [3.8, 4) is 0 Å². The Morgan fingerprint density at radius 3 is 2.59 bits per heavy atom. The molecule has 0 radical (unpaired) electrons. The van der Waals surface area contributed by atoms with E-state index in [1.165, 1.54) is 6.20 Å². The molecule has 1 aromatic heterocycles. The minimum absolute atomic E-state index is 0.0754. The summed E-state index contributed by atoms with van der Waals surface area (Å²) in [7, 11) is 0. The molecule has 1 aliphatic heterocycles. The first-order valence-electron chi connectivity index (χ1n) is 5.89. The lowest BCUT2D eigenvalue weighted by Crippen LogP contribution is -2.40. The van der Waals surface area contributed by atoms with Crippen molar-refractivity contribution in [2.45, 2.75) is 39.4 Å². The molecule has 98 valence electrons. The van der Waals surface area contributed by atoms with Crippen molar-refractivity contribution in [2.75, 3.05) is 18.0 Å². The maximum atomic E-state index is 12.6. The maximum Gasteiger partial charge on any atom is 0.410 e. The first-order valence-corrected chi connectivity index (χ1v) is 5.89. The first kappa shape index (κ1) is 13.9. The largest absolute Gasteiger partial charge is 0.410 e. The molecule has 1 aliphatic rings. The Morgan fingerprint density at radius 2 is 2.06 bits per heavy atom. The highest BCUT2D eigenvalue weighted by Gasteiger charge is 2.44. The van der Waals surface area contributed by atoms with E-state index in [0.717, 1.165) is 4.68 Å². The monoisotopic (exact) mass is 249 g/mol. The van der Waals surface area contributed by atoms with Gasteiger partial charge in [0.05, 0.1) is 6.20 Å². The van der Waals surface area contributed by atoms with Crippen LogP contribution in [0.3, 0.4) is 0 Å². The van der Waals surface area contributed by atoms with E-state index in [1.807, 2.05) is 25.7 Å². The Labute approximate surface area is 99.2 Å². The van der Waals surface area contributed by atoms with Gasteiger partial charge in [-0.2, -0.15) is 18.3 Å². The number of fused-ring (bicyclic) bond motifs is 1. The lowest BCUT2D eigenvalue weighted by molar-refractivity contribution is -0.172. The van der Waals surface area contributed by atoms with Crippen molar-refractivity contribution in [2.24, 2.45) is 0 Å². The second kappa shape index (κ2) is 5.42. The third-order valence-electron chi connectivity index (χ3n) is 2.70. The summed E-state index contributed by atoms with van der Waals surface area (Å²) < 4.78 is 39.0. The van der Waals surface area contributed by atoms with Gasteiger partial charge >= 0.3 is 6.18 Å². The lowest BCUT2D eigenvalue weighted by Gasteiger charge is -2.34. The van der Waals surface area contributed by atoms with Crippen LogP contribution in [0.1, 0.15) is 33.2 Å². The van der Waals surface area contributed by atoms with Crippen molar-refractivity contribution < 1.29 is 13.2 Å². The molecule has 6 heteroatoms. The third-order valence-corrected chi connectivity index (χ3v) is 2.70. The molecule has 2 heterocycles. The molecule has 0 amide bonds. The second-order valence-corrected chi connectivity index (χ2v) is 3.56. The van der Waals surface area contributed by atoms with Gasteiger partial charge in [-0.3, -0.25) is 0 Å². The summed E-state index contributed by atoms with van der Waals surface area (Å²) >= 11 is 0. The Kier molecular flexibility index (Phi) is 4.42. The van der Waals surface area contributed by atoms with Crippen LogP contribution >= 0.6 is 0 Å². The van der Waals surface area contributed by atoms with E-state index in [1.54, 1.807) is 6.07 Å². The molecule has 2 rings (SSSR count). The number of hydrogen-bond acceptors (Lipinski definition) is 2. The van der Waals surface area contributed by atoms with Gasteiger partial charge < -0.3 is 4.90 Å². The fraction of sp³-hybridized carbons (Fsp3) is 0.727. The van der Waals surface area contributed by atoms with Crippen molar-refractivity contribution in [1.29, 1.82) is 0 Å². The molecule has 0 N–H and O–H groups in total. The molecule has 0 aliphatic carbocycles. The van der Waals surface area contributed by atoms with Gasteiger partial charge in [-0.15, -0.1) is 0 Å². The third kappa shape index (κ3) is 2.73. The summed E-state index contributed by atoms with van der Waals surface area (Å²) in [5.74, 6) is 0.561. The molecular formula is C11H18F3N3. The molecule has 0 fully saturated rings. The van der Waals surface area contributed by atoms with Gasteiger partial charge in [0.15, 0.2) is 6.04 Å². The fourth-order valence-electron chi connectivity index (χ4n) is 1.94. The van der Waals surface area contributed by atoms with Crippen molar-refractivity contribution in [3.63, 3.8) is 0 Å². The van der Waals surface area contributed by atoms with E-state index in [4.69, 9.17) is 0 Å². The van der Waals surface area contributed by atoms with Crippen molar-refractivity contribution in [3.05, 3.63) is 12.3 Å². The van der Waals surface area contributed by atoms with Crippen LogP contribution in [-0.2, 0) is 0 Å². The predicted octanol–water partition coefficient (Wildman–Crippen LogP) is 3.24. The molecule has 1 atom stereocenters. The van der Waals surface area contributed by atoms with Crippen LogP contribution in [0.25, 0.3) is 0 Å². The van der Waals surface area contributed by atoms with Gasteiger partial charge in [-0.1, -0.05) is 13.8 Å². The average Bonchev–Trinajstić information content (AvgIpc) is 2.77. The molecule has 17 heavy (non-hydrogen) atoms. The van der Waals surface area contributed by atoms with E-state index < -0.39 is 12.2 Å². The van der Waals surface area contributed by atoms with Crippen LogP contribution in [0.2, 0.25) is 0 Å². The first-order chi connectivity index (χ1) is 8.04. The minimum atomic E-state index is -4.21. The van der Waals surface area contributed by atoms with E-state index in [9.17, 15) is 13.2 Å². The number of aromatic nitrogens is 2. The average molecular weight is 249 g/mol. The van der Waals surface area contributed by atoms with Gasteiger partial charge in [-0.25, -0.2) is 4.68 Å². The molecule has 0 spiro atoms. The van der Waals surface area contributed by atoms with Gasteiger partial charge in [0.2, 0.25) is 0 Å². The molecule has 0 bridgehead atoms. The van der Waals surface area contributed by atoms with Crippen LogP contribution in [-0.4, -0.2) is 29.0 Å². The second-order valence-electron chi connectivity index (χ2n) is 3.56. The Morgan fingerprint density at radius 1 is 1.41 bits per heavy atom. The topological polar surface area (TPSA) is 21.1 Å². The number of alkyl halides is 3. The highest BCUT2D eigenvalue weighted by Crippen LogP contribution is 2.38. The number of hydrogen-bond donors (Lipinski definition) is 0. The quantitative estimate of drug-likeness (QED) is 0.761. The predicted molar refractivity (Wildman–Crippen MR) is 61.2 cm³/mol. The van der Waals surface area contributed by atoms with E-state index in [-0.39, 0.29) is 6.42 Å². The van der Waals surface area contributed by atoms with Crippen LogP contribution in [0.15, 0.2) is 12.3 Å². The summed E-state index contributed by atoms with van der Waals surface area (Å²) in [5.41, 5.74) is 0. The zero-order chi connectivity index (χ0) is 13.1. The minimum Gasteiger partial charge on any atom is -0.357 e. The zero-order valence-electron chi connectivity index (χ0n) is 10.3. The maximum absolute atomic E-state index is 12.6. The fourth-order valence-corrected chi connectivity index (χ4v) is 1.94. The summed E-state index contributed by atoms with van der Waals surface area (Å²) in [5, 5.41) is 3.76. The zero-order valence-corrected chi connectivity index (χ0v) is 10.3. The number of anilines is 1. The number of nitrogens with zero attached hydrogens (tertiary/aromatic N) is 3. The molecule has 1 unspecified atom stereocenters. The van der Waals surface area contributed by atoms with Gasteiger partial charge in [-0.05, 0) is 13.3 Å². The van der Waals surface area contributed by atoms with Crippen molar-refractivity contribution >= 4 is 5.82 Å². The van der Waals surface area contributed by atoms with E-state index >= 15 is 0 Å². The van der Waals surface area contributed by atoms with Gasteiger partial charge in [0.25, 0.3) is 0 Å². The van der Waals surface area contributed by atoms with E-state index in [0.29, 0.717) is 18.9 Å². The standard InChI is InChI=1S/C9H12F3N3.C2H6/c1-2-14-6-4-7(9(10,11)12)15-8(14)3-5-13-15;1-2/h3,5,7H,2,4,6H2,1H3;1-2H3. The van der Waals surface area contributed by atoms with Gasteiger partial charge in [0.1, 0.15) is 5.82 Å². The van der Waals surface area contributed by atoms with Crippen LogP contribution < -0.4 is 4.90 Å². The summed E-state index contributed by atoms with van der Waals surface area (Å²) in [6.07, 6.45) is -2.71. The number of rotatable bonds is 1. The summed E-state index contributed by atoms with van der Waals surface area (Å²) in [4.78, 5) is 1.90. The van der Waals surface area contributed by atoms with Crippen LogP contribution in [0.4, 0.5) is 19.0 Å². The highest BCUT2D eigenvalue weighted by atomic mass is 19.4. The molecule has 1 aromatic rings.